The summed E-state index contributed by atoms with van der Waals surface area (Å²) in [7, 11) is 0. The minimum Gasteiger partial charge on any atom is -0.344 e. The van der Waals surface area contributed by atoms with Crippen LogP contribution in [0, 0.1) is 0 Å². The van der Waals surface area contributed by atoms with E-state index in [1.54, 1.807) is 30.6 Å². The van der Waals surface area contributed by atoms with Crippen LogP contribution in [0.15, 0.2) is 72.1 Å². The number of benzene rings is 1. The van der Waals surface area contributed by atoms with Gasteiger partial charge in [0.2, 0.25) is 5.95 Å². The number of rotatable bonds is 4. The molecular formula is C25H19F3N6. The van der Waals surface area contributed by atoms with E-state index >= 15 is 0 Å². The summed E-state index contributed by atoms with van der Waals surface area (Å²) in [6.45, 7) is 0. The fourth-order valence-electron chi connectivity index (χ4n) is 3.66. The van der Waals surface area contributed by atoms with E-state index in [0.717, 1.165) is 27.3 Å². The van der Waals surface area contributed by atoms with Crippen LogP contribution in [0.1, 0.15) is 12.0 Å². The molecule has 6 nitrogen and oxygen atoms in total. The smallest absolute Gasteiger partial charge is 0.344 e. The molecule has 170 valence electrons. The Morgan fingerprint density at radius 1 is 1.06 bits per heavy atom. The van der Waals surface area contributed by atoms with Gasteiger partial charge >= 0.3 is 6.18 Å². The maximum absolute atomic E-state index is 13.7. The predicted molar refractivity (Wildman–Crippen MR) is 125 cm³/mol. The summed E-state index contributed by atoms with van der Waals surface area (Å²) < 4.78 is 41.1. The van der Waals surface area contributed by atoms with Gasteiger partial charge < -0.3 is 10.6 Å². The SMILES string of the molecule is FC(F)(F)c1cnc(NC2C=CC=c3ncccc3=C2)nc1Nc1ccc2c(c1)=CCC=CN=2. The highest BCUT2D eigenvalue weighted by atomic mass is 19.4. The van der Waals surface area contributed by atoms with E-state index in [-0.39, 0.29) is 17.8 Å². The molecular weight excluding hydrogens is 441 g/mol. The largest absolute Gasteiger partial charge is 0.421 e. The highest BCUT2D eigenvalue weighted by Crippen LogP contribution is 2.35. The van der Waals surface area contributed by atoms with Gasteiger partial charge in [-0.2, -0.15) is 18.2 Å². The van der Waals surface area contributed by atoms with Crippen molar-refractivity contribution in [3.63, 3.8) is 0 Å². The topological polar surface area (TPSA) is 75.1 Å². The van der Waals surface area contributed by atoms with Crippen molar-refractivity contribution in [3.05, 3.63) is 93.9 Å². The van der Waals surface area contributed by atoms with Crippen LogP contribution in [0.4, 0.5) is 30.6 Å². The standard InChI is InChI=1S/C25H19F3N6/c26-25(27,28)20-15-31-24(33-18-7-3-8-21-17(13-18)6-4-12-30-21)34-23(20)32-19-9-10-22-16(14-19)5-1-2-11-29-22/h2-15,18H,1H2,(H2,31,32,33,34). The van der Waals surface area contributed by atoms with Gasteiger partial charge in [0.05, 0.1) is 16.7 Å². The average molecular weight is 460 g/mol. The minimum absolute atomic E-state index is 0.0641. The Kier molecular flexibility index (Phi) is 5.67. The number of anilines is 3. The quantitative estimate of drug-likeness (QED) is 0.626. The number of hydrogen-bond acceptors (Lipinski definition) is 6. The van der Waals surface area contributed by atoms with Crippen LogP contribution in [0.25, 0.3) is 18.2 Å². The molecule has 0 saturated heterocycles. The lowest BCUT2D eigenvalue weighted by Gasteiger charge is -2.16. The van der Waals surface area contributed by atoms with Crippen LogP contribution in [0.3, 0.4) is 0 Å². The second-order valence-electron chi connectivity index (χ2n) is 7.67. The van der Waals surface area contributed by atoms with Gasteiger partial charge in [0.15, 0.2) is 0 Å². The van der Waals surface area contributed by atoms with Crippen molar-refractivity contribution in [2.75, 3.05) is 10.6 Å². The molecule has 0 radical (unpaired) electrons. The maximum Gasteiger partial charge on any atom is 0.421 e. The number of aromatic nitrogens is 3. The van der Waals surface area contributed by atoms with E-state index in [1.165, 1.54) is 0 Å². The Hall–Kier alpha value is -4.27. The molecule has 2 aromatic heterocycles. The lowest BCUT2D eigenvalue weighted by molar-refractivity contribution is -0.137. The average Bonchev–Trinajstić information content (AvgIpc) is 3.16. The molecule has 1 unspecified atom stereocenters. The lowest BCUT2D eigenvalue weighted by atomic mass is 10.2. The van der Waals surface area contributed by atoms with E-state index in [4.69, 9.17) is 0 Å². The van der Waals surface area contributed by atoms with Gasteiger partial charge in [-0.1, -0.05) is 30.4 Å². The third-order valence-electron chi connectivity index (χ3n) is 5.28. The first-order valence-corrected chi connectivity index (χ1v) is 10.6. The zero-order valence-electron chi connectivity index (χ0n) is 17.8. The van der Waals surface area contributed by atoms with Gasteiger partial charge in [-0.05, 0) is 53.3 Å². The Morgan fingerprint density at radius 2 is 1.97 bits per heavy atom. The van der Waals surface area contributed by atoms with E-state index < -0.39 is 11.7 Å². The molecule has 0 spiro atoms. The van der Waals surface area contributed by atoms with Gasteiger partial charge in [0.25, 0.3) is 0 Å². The molecule has 3 heterocycles. The highest BCUT2D eigenvalue weighted by molar-refractivity contribution is 5.62. The summed E-state index contributed by atoms with van der Waals surface area (Å²) in [5.41, 5.74) is -0.482. The van der Waals surface area contributed by atoms with Crippen LogP contribution in [-0.4, -0.2) is 21.0 Å². The second kappa shape index (κ2) is 8.93. The number of halogens is 3. The molecule has 0 bridgehead atoms. The van der Waals surface area contributed by atoms with Crippen LogP contribution in [-0.2, 0) is 6.18 Å². The van der Waals surface area contributed by atoms with Crippen LogP contribution in [0.5, 0.6) is 0 Å². The van der Waals surface area contributed by atoms with Crippen molar-refractivity contribution in [2.45, 2.75) is 18.6 Å². The zero-order chi connectivity index (χ0) is 23.5. The fourth-order valence-corrected chi connectivity index (χ4v) is 3.66. The molecule has 2 aliphatic rings. The molecule has 3 aromatic rings. The van der Waals surface area contributed by atoms with E-state index in [9.17, 15) is 13.2 Å². The minimum atomic E-state index is -4.62. The predicted octanol–water partition coefficient (Wildman–Crippen LogP) is 2.56. The Morgan fingerprint density at radius 3 is 2.85 bits per heavy atom. The number of nitrogens with zero attached hydrogens (tertiary/aromatic N) is 4. The van der Waals surface area contributed by atoms with Crippen molar-refractivity contribution in [2.24, 2.45) is 4.99 Å². The van der Waals surface area contributed by atoms with Gasteiger partial charge in [-0.15, -0.1) is 0 Å². The monoisotopic (exact) mass is 460 g/mol. The number of allylic oxidation sites excluding steroid dienone is 2. The number of fused-ring (bicyclic) bond motifs is 2. The van der Waals surface area contributed by atoms with Crippen molar-refractivity contribution < 1.29 is 13.2 Å². The molecule has 1 aliphatic heterocycles. The number of pyridine rings is 1. The second-order valence-corrected chi connectivity index (χ2v) is 7.67. The van der Waals surface area contributed by atoms with Gasteiger partial charge in [0, 0.05) is 24.3 Å². The molecule has 1 atom stereocenters. The van der Waals surface area contributed by atoms with E-state index in [0.29, 0.717) is 12.1 Å². The summed E-state index contributed by atoms with van der Waals surface area (Å²) in [4.78, 5) is 16.7. The van der Waals surface area contributed by atoms with Crippen LogP contribution < -0.4 is 31.8 Å². The van der Waals surface area contributed by atoms with Crippen molar-refractivity contribution in [3.8, 4) is 0 Å². The Bertz CT molecular complexity index is 1540. The van der Waals surface area contributed by atoms with Gasteiger partial charge in [-0.3, -0.25) is 9.98 Å². The van der Waals surface area contributed by atoms with Crippen LogP contribution >= 0.6 is 0 Å². The molecule has 5 rings (SSSR count). The summed E-state index contributed by atoms with van der Waals surface area (Å²) in [5, 5.41) is 9.18. The van der Waals surface area contributed by atoms with Crippen molar-refractivity contribution in [1.29, 1.82) is 0 Å². The van der Waals surface area contributed by atoms with Crippen molar-refractivity contribution in [1.82, 2.24) is 15.0 Å². The summed E-state index contributed by atoms with van der Waals surface area (Å²) in [6, 6.07) is 8.59. The Balaban J connectivity index is 1.48. The first-order valence-electron chi connectivity index (χ1n) is 10.6. The third kappa shape index (κ3) is 4.73. The molecule has 9 heteroatoms. The van der Waals surface area contributed by atoms with Crippen LogP contribution in [0.2, 0.25) is 0 Å². The fraction of sp³-hybridized carbons (Fsp3) is 0.120. The van der Waals surface area contributed by atoms with Crippen molar-refractivity contribution >= 4 is 35.7 Å². The summed E-state index contributed by atoms with van der Waals surface area (Å²) >= 11 is 0. The molecule has 1 aromatic carbocycles. The summed E-state index contributed by atoms with van der Waals surface area (Å²) in [5.74, 6) is -0.269. The highest BCUT2D eigenvalue weighted by Gasteiger charge is 2.35. The first kappa shape index (κ1) is 21.6. The number of nitrogens with one attached hydrogen (secondary N) is 2. The normalized spacial score (nSPS) is 16.4. The molecule has 1 aliphatic carbocycles. The molecule has 2 N–H and O–H groups in total. The third-order valence-corrected chi connectivity index (χ3v) is 5.28. The molecule has 0 fully saturated rings. The lowest BCUT2D eigenvalue weighted by Crippen LogP contribution is -2.29. The molecule has 0 amide bonds. The number of hydrogen-bond donors (Lipinski definition) is 2. The van der Waals surface area contributed by atoms with Gasteiger partial charge in [-0.25, -0.2) is 4.98 Å². The maximum atomic E-state index is 13.7. The molecule has 34 heavy (non-hydrogen) atoms. The molecule has 0 saturated carbocycles. The van der Waals surface area contributed by atoms with E-state index in [1.807, 2.05) is 48.6 Å². The van der Waals surface area contributed by atoms with Gasteiger partial charge in [0.1, 0.15) is 11.4 Å². The first-order chi connectivity index (χ1) is 16.5. The Labute approximate surface area is 192 Å². The summed E-state index contributed by atoms with van der Waals surface area (Å²) in [6.07, 6.45) is 11.6. The van der Waals surface area contributed by atoms with E-state index in [2.05, 4.69) is 30.6 Å². The zero-order valence-corrected chi connectivity index (χ0v) is 17.8. The number of alkyl halides is 3.